The molecule has 2 rings (SSSR count). The number of aromatic amines is 1. The summed E-state index contributed by atoms with van der Waals surface area (Å²) in [4.78, 5) is 14.1. The third-order valence-corrected chi connectivity index (χ3v) is 5.26. The molecule has 0 aliphatic carbocycles. The summed E-state index contributed by atoms with van der Waals surface area (Å²) >= 11 is 13.4. The first-order chi connectivity index (χ1) is 12.5. The lowest BCUT2D eigenvalue weighted by Gasteiger charge is -2.17. The summed E-state index contributed by atoms with van der Waals surface area (Å²) in [6.07, 6.45) is 0. The van der Waals surface area contributed by atoms with Crippen LogP contribution in [0.3, 0.4) is 0 Å². The number of rotatable bonds is 8. The summed E-state index contributed by atoms with van der Waals surface area (Å²) in [6.45, 7) is 5.41. The number of thioether (sulfide) groups is 1. The summed E-state index contributed by atoms with van der Waals surface area (Å²) in [5.41, 5.74) is 1.25. The molecule has 1 aromatic carbocycles. The first-order valence-electron chi connectivity index (χ1n) is 8.05. The number of halogens is 2. The van der Waals surface area contributed by atoms with Crippen molar-refractivity contribution < 1.29 is 4.79 Å². The van der Waals surface area contributed by atoms with Crippen molar-refractivity contribution in [3.8, 4) is 6.07 Å². The third kappa shape index (κ3) is 5.07. The van der Waals surface area contributed by atoms with E-state index in [-0.39, 0.29) is 11.7 Å². The Morgan fingerprint density at radius 1 is 1.38 bits per heavy atom. The van der Waals surface area contributed by atoms with E-state index in [0.717, 1.165) is 18.7 Å². The number of benzene rings is 1. The molecule has 138 valence electrons. The standard InChI is InChI=1S/C17H19Cl2N5OS/c1-3-24(4-2)17-13(8-20)16(22-23-17)21-15(25)10-26-9-11-5-6-12(18)7-14(11)19/h5-7H,3-4,9-10H2,1-2H3,(H2,21,22,23,25). The molecule has 0 radical (unpaired) electrons. The van der Waals surface area contributed by atoms with Crippen LogP contribution in [0.5, 0.6) is 0 Å². The van der Waals surface area contributed by atoms with Gasteiger partial charge in [-0.05, 0) is 31.5 Å². The molecule has 2 aromatic rings. The van der Waals surface area contributed by atoms with Gasteiger partial charge in [-0.25, -0.2) is 0 Å². The molecule has 0 spiro atoms. The van der Waals surface area contributed by atoms with Crippen molar-refractivity contribution in [1.82, 2.24) is 10.2 Å². The van der Waals surface area contributed by atoms with Crippen molar-refractivity contribution in [2.24, 2.45) is 0 Å². The van der Waals surface area contributed by atoms with E-state index < -0.39 is 0 Å². The molecule has 9 heteroatoms. The molecule has 26 heavy (non-hydrogen) atoms. The molecule has 0 aliphatic rings. The second-order valence-corrected chi connectivity index (χ2v) is 7.19. The Kier molecular flexibility index (Phi) is 7.64. The molecular formula is C17H19Cl2N5OS. The number of aromatic nitrogens is 2. The Balaban J connectivity index is 1.95. The van der Waals surface area contributed by atoms with E-state index in [4.69, 9.17) is 23.2 Å². The number of nitrogens with one attached hydrogen (secondary N) is 2. The molecule has 6 nitrogen and oxygen atoms in total. The lowest BCUT2D eigenvalue weighted by molar-refractivity contribution is -0.113. The molecule has 0 atom stereocenters. The Morgan fingerprint density at radius 3 is 2.73 bits per heavy atom. The highest BCUT2D eigenvalue weighted by Crippen LogP contribution is 2.26. The minimum atomic E-state index is -0.216. The zero-order valence-electron chi connectivity index (χ0n) is 14.5. The van der Waals surface area contributed by atoms with E-state index in [9.17, 15) is 10.1 Å². The number of amides is 1. The number of carbonyl (C=O) groups excluding carboxylic acids is 1. The number of hydrogen-bond acceptors (Lipinski definition) is 5. The van der Waals surface area contributed by atoms with E-state index >= 15 is 0 Å². The zero-order chi connectivity index (χ0) is 19.1. The van der Waals surface area contributed by atoms with Gasteiger partial charge in [0.25, 0.3) is 0 Å². The maximum Gasteiger partial charge on any atom is 0.235 e. The average Bonchev–Trinajstić information content (AvgIpc) is 3.00. The van der Waals surface area contributed by atoms with Gasteiger partial charge in [0.15, 0.2) is 5.82 Å². The fourth-order valence-corrected chi connectivity index (χ4v) is 3.73. The van der Waals surface area contributed by atoms with Gasteiger partial charge in [0.2, 0.25) is 5.91 Å². The van der Waals surface area contributed by atoms with Crippen LogP contribution in [0.2, 0.25) is 10.0 Å². The van der Waals surface area contributed by atoms with Crippen molar-refractivity contribution in [1.29, 1.82) is 5.26 Å². The van der Waals surface area contributed by atoms with Crippen LogP contribution in [0, 0.1) is 11.3 Å². The van der Waals surface area contributed by atoms with Gasteiger partial charge in [-0.2, -0.15) is 10.4 Å². The third-order valence-electron chi connectivity index (χ3n) is 3.69. The number of hydrogen-bond donors (Lipinski definition) is 2. The predicted octanol–water partition coefficient (Wildman–Crippen LogP) is 4.31. The first kappa shape index (κ1) is 20.4. The first-order valence-corrected chi connectivity index (χ1v) is 9.96. The number of nitrogens with zero attached hydrogens (tertiary/aromatic N) is 3. The average molecular weight is 412 g/mol. The molecule has 0 saturated carbocycles. The summed E-state index contributed by atoms with van der Waals surface area (Å²) < 4.78 is 0. The SMILES string of the molecule is CCN(CC)c1n[nH]c(NC(=O)CSCc2ccc(Cl)cc2Cl)c1C#N. The largest absolute Gasteiger partial charge is 0.355 e. The predicted molar refractivity (Wildman–Crippen MR) is 108 cm³/mol. The van der Waals surface area contributed by atoms with Crippen molar-refractivity contribution in [3.05, 3.63) is 39.4 Å². The van der Waals surface area contributed by atoms with Crippen molar-refractivity contribution >= 4 is 52.5 Å². The quantitative estimate of drug-likeness (QED) is 0.675. The fourth-order valence-electron chi connectivity index (χ4n) is 2.35. The minimum absolute atomic E-state index is 0.216. The lowest BCUT2D eigenvalue weighted by atomic mass is 10.2. The van der Waals surface area contributed by atoms with Crippen molar-refractivity contribution in [2.75, 3.05) is 29.1 Å². The van der Waals surface area contributed by atoms with Crippen LogP contribution in [-0.2, 0) is 10.5 Å². The van der Waals surface area contributed by atoms with Crippen LogP contribution in [-0.4, -0.2) is 34.9 Å². The molecule has 0 bridgehead atoms. The Bertz CT molecular complexity index is 814. The molecule has 1 amide bonds. The number of anilines is 2. The summed E-state index contributed by atoms with van der Waals surface area (Å²) in [7, 11) is 0. The van der Waals surface area contributed by atoms with E-state index in [0.29, 0.717) is 33.0 Å². The highest BCUT2D eigenvalue weighted by atomic mass is 35.5. The Hall–Kier alpha value is -1.88. The summed E-state index contributed by atoms with van der Waals surface area (Å²) in [5.74, 6) is 1.47. The van der Waals surface area contributed by atoms with Crippen LogP contribution >= 0.6 is 35.0 Å². The minimum Gasteiger partial charge on any atom is -0.355 e. The van der Waals surface area contributed by atoms with Gasteiger partial charge < -0.3 is 10.2 Å². The maximum absolute atomic E-state index is 12.2. The van der Waals surface area contributed by atoms with E-state index in [1.807, 2.05) is 24.8 Å². The normalized spacial score (nSPS) is 10.4. The van der Waals surface area contributed by atoms with Crippen LogP contribution in [0.4, 0.5) is 11.6 Å². The summed E-state index contributed by atoms with van der Waals surface area (Å²) in [5, 5.41) is 20.2. The van der Waals surface area contributed by atoms with Gasteiger partial charge in [-0.15, -0.1) is 11.8 Å². The Morgan fingerprint density at radius 2 is 2.12 bits per heavy atom. The van der Waals surface area contributed by atoms with Gasteiger partial charge in [-0.1, -0.05) is 29.3 Å². The van der Waals surface area contributed by atoms with Crippen molar-refractivity contribution in [2.45, 2.75) is 19.6 Å². The summed E-state index contributed by atoms with van der Waals surface area (Å²) in [6, 6.07) is 7.39. The number of carbonyl (C=O) groups is 1. The number of H-pyrrole nitrogens is 1. The smallest absolute Gasteiger partial charge is 0.235 e. The molecule has 0 saturated heterocycles. The highest BCUT2D eigenvalue weighted by Gasteiger charge is 2.18. The molecule has 1 heterocycles. The van der Waals surface area contributed by atoms with Gasteiger partial charge >= 0.3 is 0 Å². The zero-order valence-corrected chi connectivity index (χ0v) is 16.8. The van der Waals surface area contributed by atoms with E-state index in [1.54, 1.807) is 12.1 Å². The second-order valence-electron chi connectivity index (χ2n) is 5.36. The number of nitriles is 1. The molecular weight excluding hydrogens is 393 g/mol. The van der Waals surface area contributed by atoms with Crippen molar-refractivity contribution in [3.63, 3.8) is 0 Å². The molecule has 0 fully saturated rings. The topological polar surface area (TPSA) is 84.8 Å². The van der Waals surface area contributed by atoms with Gasteiger partial charge in [0.1, 0.15) is 17.5 Å². The Labute approximate surface area is 166 Å². The van der Waals surface area contributed by atoms with E-state index in [1.165, 1.54) is 11.8 Å². The molecule has 0 unspecified atom stereocenters. The van der Waals surface area contributed by atoms with Crippen LogP contribution in [0.15, 0.2) is 18.2 Å². The lowest BCUT2D eigenvalue weighted by Crippen LogP contribution is -2.23. The van der Waals surface area contributed by atoms with Crippen LogP contribution < -0.4 is 10.2 Å². The maximum atomic E-state index is 12.2. The molecule has 1 aromatic heterocycles. The second kappa shape index (κ2) is 9.72. The molecule has 2 N–H and O–H groups in total. The van der Waals surface area contributed by atoms with Gasteiger partial charge in [0, 0.05) is 28.9 Å². The molecule has 0 aliphatic heterocycles. The van der Waals surface area contributed by atoms with Gasteiger partial charge in [-0.3, -0.25) is 9.89 Å². The monoisotopic (exact) mass is 411 g/mol. The van der Waals surface area contributed by atoms with Crippen LogP contribution in [0.1, 0.15) is 25.0 Å². The highest BCUT2D eigenvalue weighted by molar-refractivity contribution is 7.99. The van der Waals surface area contributed by atoms with E-state index in [2.05, 4.69) is 21.6 Å². The van der Waals surface area contributed by atoms with Crippen LogP contribution in [0.25, 0.3) is 0 Å². The fraction of sp³-hybridized carbons (Fsp3) is 0.353. The van der Waals surface area contributed by atoms with Gasteiger partial charge in [0.05, 0.1) is 5.75 Å².